The molecule has 4 unspecified atom stereocenters. The zero-order chi connectivity index (χ0) is 20.1. The Hall–Kier alpha value is -2.45. The van der Waals surface area contributed by atoms with Crippen molar-refractivity contribution >= 4 is 46.5 Å². The molecule has 8 heteroatoms. The fourth-order valence-corrected chi connectivity index (χ4v) is 6.36. The number of carbonyl (C=O) groups excluding carboxylic acids is 3. The smallest absolute Gasteiger partial charge is 0.244 e. The number of imide groups is 1. The lowest BCUT2D eigenvalue weighted by Gasteiger charge is -2.16. The van der Waals surface area contributed by atoms with Gasteiger partial charge in [-0.05, 0) is 49.4 Å². The predicted molar refractivity (Wildman–Crippen MR) is 110 cm³/mol. The van der Waals surface area contributed by atoms with Gasteiger partial charge in [-0.15, -0.1) is 11.3 Å². The van der Waals surface area contributed by atoms with Gasteiger partial charge in [-0.1, -0.05) is 23.9 Å². The molecule has 0 radical (unpaired) electrons. The number of carbonyl (C=O) groups is 3. The summed E-state index contributed by atoms with van der Waals surface area (Å²) in [5, 5.41) is 4.79. The van der Waals surface area contributed by atoms with E-state index in [0.717, 1.165) is 26.2 Å². The second-order valence-electron chi connectivity index (χ2n) is 7.69. The minimum absolute atomic E-state index is 0.154. The molecule has 2 aliphatic carbocycles. The number of nitrogens with one attached hydrogen (secondary N) is 1. The lowest BCUT2D eigenvalue weighted by atomic mass is 9.85. The van der Waals surface area contributed by atoms with Gasteiger partial charge in [-0.25, -0.2) is 4.98 Å². The van der Waals surface area contributed by atoms with Crippen molar-refractivity contribution in [3.63, 3.8) is 0 Å². The molecule has 1 saturated carbocycles. The lowest BCUT2D eigenvalue weighted by Crippen LogP contribution is -2.39. The molecular weight excluding hydrogens is 406 g/mol. The fourth-order valence-electron chi connectivity index (χ4n) is 4.55. The van der Waals surface area contributed by atoms with Gasteiger partial charge in [0.1, 0.15) is 6.54 Å². The molecule has 1 aliphatic heterocycles. The van der Waals surface area contributed by atoms with Crippen LogP contribution in [-0.4, -0.2) is 34.2 Å². The quantitative estimate of drug-likeness (QED) is 0.587. The van der Waals surface area contributed by atoms with Crippen LogP contribution in [0.4, 0.5) is 5.69 Å². The molecule has 2 fully saturated rings. The van der Waals surface area contributed by atoms with Crippen LogP contribution in [0.5, 0.6) is 0 Å². The van der Waals surface area contributed by atoms with E-state index in [4.69, 9.17) is 0 Å². The van der Waals surface area contributed by atoms with Gasteiger partial charge in [-0.2, -0.15) is 0 Å². The monoisotopic (exact) mass is 425 g/mol. The standard InChI is InChI=1S/C21H19N3O3S2/c1-11-10-28-21(22-11)29-15-6-4-14(5-7-15)23-16(25)9-24-19(26)17-12-2-3-13(8-12)18(17)20(24)27/h2-7,10,12-13,17-18H,8-9H2,1H3,(H,23,25). The molecule has 6 nitrogen and oxygen atoms in total. The van der Waals surface area contributed by atoms with Gasteiger partial charge < -0.3 is 5.32 Å². The SMILES string of the molecule is Cc1csc(Sc2ccc(NC(=O)CN3C(=O)C4C5C=CC(C5)C4C3=O)cc2)n1. The van der Waals surface area contributed by atoms with E-state index in [9.17, 15) is 14.4 Å². The molecule has 1 aromatic heterocycles. The van der Waals surface area contributed by atoms with Crippen molar-refractivity contribution in [3.8, 4) is 0 Å². The summed E-state index contributed by atoms with van der Waals surface area (Å²) in [6.07, 6.45) is 4.98. The van der Waals surface area contributed by atoms with Gasteiger partial charge in [0.05, 0.1) is 11.8 Å². The number of rotatable bonds is 5. The van der Waals surface area contributed by atoms with Crippen LogP contribution in [0.2, 0.25) is 0 Å². The maximum atomic E-state index is 12.7. The van der Waals surface area contributed by atoms with Crippen molar-refractivity contribution in [2.45, 2.75) is 22.6 Å². The zero-order valence-corrected chi connectivity index (χ0v) is 17.3. The molecule has 1 saturated heterocycles. The molecular formula is C21H19N3O3S2. The highest BCUT2D eigenvalue weighted by atomic mass is 32.2. The molecule has 0 spiro atoms. The van der Waals surface area contributed by atoms with Crippen LogP contribution >= 0.6 is 23.1 Å². The minimum atomic E-state index is -0.358. The van der Waals surface area contributed by atoms with E-state index in [-0.39, 0.29) is 47.9 Å². The van der Waals surface area contributed by atoms with E-state index in [1.807, 2.05) is 48.7 Å². The predicted octanol–water partition coefficient (Wildman–Crippen LogP) is 3.35. The maximum Gasteiger partial charge on any atom is 0.244 e. The number of fused-ring (bicyclic) bond motifs is 5. The summed E-state index contributed by atoms with van der Waals surface area (Å²) >= 11 is 3.17. The summed E-state index contributed by atoms with van der Waals surface area (Å²) in [5.41, 5.74) is 1.64. The van der Waals surface area contributed by atoms with E-state index in [1.54, 1.807) is 23.1 Å². The second kappa shape index (κ2) is 7.11. The van der Waals surface area contributed by atoms with Gasteiger partial charge >= 0.3 is 0 Å². The Balaban J connectivity index is 1.20. The number of benzene rings is 1. The van der Waals surface area contributed by atoms with Crippen molar-refractivity contribution in [3.05, 3.63) is 47.5 Å². The van der Waals surface area contributed by atoms with Crippen LogP contribution in [0, 0.1) is 30.6 Å². The van der Waals surface area contributed by atoms with Crippen LogP contribution in [0.15, 0.2) is 51.0 Å². The summed E-state index contributed by atoms with van der Waals surface area (Å²) in [6.45, 7) is 1.74. The van der Waals surface area contributed by atoms with Crippen LogP contribution in [-0.2, 0) is 14.4 Å². The number of allylic oxidation sites excluding steroid dienone is 2. The number of aromatic nitrogens is 1. The number of amides is 3. The Morgan fingerprint density at radius 1 is 1.17 bits per heavy atom. The van der Waals surface area contributed by atoms with E-state index in [2.05, 4.69) is 10.3 Å². The first-order valence-corrected chi connectivity index (χ1v) is 11.2. The average molecular weight is 426 g/mol. The third-order valence-corrected chi connectivity index (χ3v) is 7.87. The first kappa shape index (κ1) is 18.6. The van der Waals surface area contributed by atoms with Gasteiger partial charge in [0.2, 0.25) is 17.7 Å². The Kier molecular flexibility index (Phi) is 4.55. The van der Waals surface area contributed by atoms with Crippen molar-refractivity contribution in [2.24, 2.45) is 23.7 Å². The van der Waals surface area contributed by atoms with E-state index in [1.165, 1.54) is 0 Å². The molecule has 2 heterocycles. The van der Waals surface area contributed by atoms with Crippen LogP contribution < -0.4 is 5.32 Å². The molecule has 148 valence electrons. The molecule has 5 rings (SSSR count). The average Bonchev–Trinajstić information content (AvgIpc) is 3.46. The van der Waals surface area contributed by atoms with Crippen LogP contribution in [0.1, 0.15) is 12.1 Å². The maximum absolute atomic E-state index is 12.7. The number of nitrogens with zero attached hydrogens (tertiary/aromatic N) is 2. The molecule has 3 amide bonds. The van der Waals surface area contributed by atoms with Gasteiger partial charge in [0.25, 0.3) is 0 Å². The Morgan fingerprint density at radius 2 is 1.83 bits per heavy atom. The highest BCUT2D eigenvalue weighted by Gasteiger charge is 2.59. The van der Waals surface area contributed by atoms with Crippen molar-refractivity contribution in [1.29, 1.82) is 0 Å². The molecule has 1 aromatic carbocycles. The highest BCUT2D eigenvalue weighted by molar-refractivity contribution is 8.01. The Labute approximate surface area is 176 Å². The Morgan fingerprint density at radius 3 is 2.41 bits per heavy atom. The number of aryl methyl sites for hydroxylation is 1. The van der Waals surface area contributed by atoms with Crippen molar-refractivity contribution < 1.29 is 14.4 Å². The first-order chi connectivity index (χ1) is 14.0. The molecule has 2 aromatic rings. The molecule has 1 N–H and O–H groups in total. The third-order valence-electron chi connectivity index (χ3n) is 5.80. The van der Waals surface area contributed by atoms with Gasteiger partial charge in [-0.3, -0.25) is 19.3 Å². The van der Waals surface area contributed by atoms with Crippen LogP contribution in [0.25, 0.3) is 0 Å². The largest absolute Gasteiger partial charge is 0.325 e. The number of likely N-dealkylation sites (tertiary alicyclic amines) is 1. The van der Waals surface area contributed by atoms with E-state index >= 15 is 0 Å². The molecule has 4 atom stereocenters. The first-order valence-electron chi connectivity index (χ1n) is 9.53. The van der Waals surface area contributed by atoms with E-state index in [0.29, 0.717) is 5.69 Å². The number of hydrogen-bond acceptors (Lipinski definition) is 6. The molecule has 2 bridgehead atoms. The van der Waals surface area contributed by atoms with Gasteiger partial charge in [0.15, 0.2) is 4.34 Å². The second-order valence-corrected chi connectivity index (χ2v) is 9.87. The number of hydrogen-bond donors (Lipinski definition) is 1. The lowest BCUT2D eigenvalue weighted by molar-refractivity contribution is -0.143. The summed E-state index contributed by atoms with van der Waals surface area (Å²) < 4.78 is 0.972. The minimum Gasteiger partial charge on any atom is -0.325 e. The summed E-state index contributed by atoms with van der Waals surface area (Å²) in [7, 11) is 0. The normalized spacial score (nSPS) is 27.0. The van der Waals surface area contributed by atoms with Gasteiger partial charge in [0, 0.05) is 21.7 Å². The number of thiazole rings is 1. The third kappa shape index (κ3) is 3.30. The summed E-state index contributed by atoms with van der Waals surface area (Å²) in [5.74, 6) is -0.979. The summed E-state index contributed by atoms with van der Waals surface area (Å²) in [6, 6.07) is 7.45. The molecule has 29 heavy (non-hydrogen) atoms. The fraction of sp³-hybridized carbons (Fsp3) is 0.333. The zero-order valence-electron chi connectivity index (χ0n) is 15.7. The molecule has 3 aliphatic rings. The van der Waals surface area contributed by atoms with Crippen molar-refractivity contribution in [1.82, 2.24) is 9.88 Å². The highest BCUT2D eigenvalue weighted by Crippen LogP contribution is 2.52. The van der Waals surface area contributed by atoms with Crippen molar-refractivity contribution in [2.75, 3.05) is 11.9 Å². The summed E-state index contributed by atoms with van der Waals surface area (Å²) in [4.78, 5) is 44.4. The van der Waals surface area contributed by atoms with Crippen LogP contribution in [0.3, 0.4) is 0 Å². The topological polar surface area (TPSA) is 79.4 Å². The number of anilines is 1. The Bertz CT molecular complexity index is 1000. The van der Waals surface area contributed by atoms with E-state index < -0.39 is 0 Å².